The van der Waals surface area contributed by atoms with Crippen molar-refractivity contribution in [1.82, 2.24) is 5.32 Å². The van der Waals surface area contributed by atoms with E-state index in [1.54, 1.807) is 6.07 Å². The Balaban J connectivity index is 0.000000963. The van der Waals surface area contributed by atoms with E-state index in [9.17, 15) is 4.39 Å². The number of benzene rings is 1. The van der Waals surface area contributed by atoms with Crippen molar-refractivity contribution in [3.05, 3.63) is 28.5 Å². The molecule has 0 aromatic heterocycles. The smallest absolute Gasteiger partial charge is 0.183 e. The molecule has 1 aromatic rings. The highest BCUT2D eigenvalue weighted by atomic mass is 35.5. The largest absolute Gasteiger partial charge is 0.485 e. The van der Waals surface area contributed by atoms with E-state index in [-0.39, 0.29) is 29.6 Å². The molecule has 1 N–H and O–H groups in total. The second-order valence-corrected chi connectivity index (χ2v) is 4.42. The molecule has 2 atom stereocenters. The predicted molar refractivity (Wildman–Crippen MR) is 63.1 cm³/mol. The molecule has 0 saturated carbocycles. The minimum absolute atomic E-state index is 0. The van der Waals surface area contributed by atoms with Gasteiger partial charge < -0.3 is 10.1 Å². The van der Waals surface area contributed by atoms with Crippen molar-refractivity contribution in [2.45, 2.75) is 25.0 Å². The maximum absolute atomic E-state index is 13.7. The van der Waals surface area contributed by atoms with Crippen molar-refractivity contribution in [1.29, 1.82) is 0 Å². The Morgan fingerprint density at radius 1 is 1.44 bits per heavy atom. The fourth-order valence-electron chi connectivity index (χ4n) is 2.36. The van der Waals surface area contributed by atoms with E-state index in [2.05, 4.69) is 5.32 Å². The van der Waals surface area contributed by atoms with Gasteiger partial charge in [0.25, 0.3) is 0 Å². The lowest BCUT2D eigenvalue weighted by atomic mass is 9.97. The second kappa shape index (κ2) is 4.40. The average Bonchev–Trinajstić information content (AvgIpc) is 2.63. The van der Waals surface area contributed by atoms with Crippen LogP contribution < -0.4 is 10.1 Å². The van der Waals surface area contributed by atoms with Crippen LogP contribution in [0.4, 0.5) is 4.39 Å². The number of rotatable bonds is 0. The average molecular weight is 264 g/mol. The molecule has 0 amide bonds. The van der Waals surface area contributed by atoms with Crippen LogP contribution in [0.5, 0.6) is 5.75 Å². The van der Waals surface area contributed by atoms with Gasteiger partial charge in [-0.1, -0.05) is 17.7 Å². The lowest BCUT2D eigenvalue weighted by Gasteiger charge is -2.25. The summed E-state index contributed by atoms with van der Waals surface area (Å²) in [4.78, 5) is 0. The van der Waals surface area contributed by atoms with E-state index in [0.717, 1.165) is 24.9 Å². The van der Waals surface area contributed by atoms with Crippen LogP contribution in [0.3, 0.4) is 0 Å². The standard InChI is InChI=1S/C11H11ClFNO.ClH/c12-7-4-3-6-10-8(2-1-5-14-10)15-11(6)9(7)13;/h3-4,8,10,14H,1-2,5H2;1H/t8-,10-;/m0./s1. The first-order chi connectivity index (χ1) is 7.27. The third-order valence-electron chi connectivity index (χ3n) is 3.09. The van der Waals surface area contributed by atoms with Crippen molar-refractivity contribution >= 4 is 24.0 Å². The molecule has 3 rings (SSSR count). The second-order valence-electron chi connectivity index (χ2n) is 4.01. The molecular formula is C11H12Cl2FNO. The Morgan fingerprint density at radius 3 is 3.06 bits per heavy atom. The van der Waals surface area contributed by atoms with Gasteiger partial charge in [-0.2, -0.15) is 0 Å². The molecule has 2 heterocycles. The minimum atomic E-state index is -0.426. The maximum atomic E-state index is 13.7. The molecule has 2 aliphatic heterocycles. The van der Waals surface area contributed by atoms with E-state index in [1.165, 1.54) is 0 Å². The molecule has 88 valence electrons. The van der Waals surface area contributed by atoms with Gasteiger partial charge in [-0.3, -0.25) is 0 Å². The Kier molecular flexibility index (Phi) is 3.29. The summed E-state index contributed by atoms with van der Waals surface area (Å²) < 4.78 is 19.3. The normalized spacial score (nSPS) is 26.4. The molecule has 1 fully saturated rings. The van der Waals surface area contributed by atoms with Crippen molar-refractivity contribution in [2.24, 2.45) is 0 Å². The number of ether oxygens (including phenoxy) is 1. The van der Waals surface area contributed by atoms with E-state index in [0.29, 0.717) is 5.75 Å². The van der Waals surface area contributed by atoms with E-state index in [4.69, 9.17) is 16.3 Å². The first kappa shape index (κ1) is 12.0. The molecule has 1 saturated heterocycles. The molecule has 2 nitrogen and oxygen atoms in total. The van der Waals surface area contributed by atoms with E-state index < -0.39 is 5.82 Å². The molecule has 2 aliphatic rings. The number of hydrogen-bond donors (Lipinski definition) is 1. The minimum Gasteiger partial charge on any atom is -0.485 e. The van der Waals surface area contributed by atoms with E-state index in [1.807, 2.05) is 6.07 Å². The summed E-state index contributed by atoms with van der Waals surface area (Å²) in [6, 6.07) is 3.59. The molecule has 5 heteroatoms. The van der Waals surface area contributed by atoms with Crippen molar-refractivity contribution in [2.75, 3.05) is 6.54 Å². The summed E-state index contributed by atoms with van der Waals surface area (Å²) >= 11 is 5.71. The van der Waals surface area contributed by atoms with Crippen molar-refractivity contribution in [3.8, 4) is 5.75 Å². The van der Waals surface area contributed by atoms with Gasteiger partial charge in [-0.05, 0) is 25.5 Å². The number of piperidine rings is 1. The Labute approximate surface area is 105 Å². The van der Waals surface area contributed by atoms with Crippen LogP contribution in [0.25, 0.3) is 0 Å². The fourth-order valence-corrected chi connectivity index (χ4v) is 2.51. The Hall–Kier alpha value is -0.510. The van der Waals surface area contributed by atoms with E-state index >= 15 is 0 Å². The van der Waals surface area contributed by atoms with Crippen LogP contribution in [-0.4, -0.2) is 12.6 Å². The molecule has 0 unspecified atom stereocenters. The molecule has 1 aromatic carbocycles. The number of halogens is 3. The number of fused-ring (bicyclic) bond motifs is 3. The summed E-state index contributed by atoms with van der Waals surface area (Å²) in [6.07, 6.45) is 2.12. The SMILES string of the molecule is Cl.Fc1c(Cl)ccc2c1O[C@H]1CCCN[C@@H]21. The highest BCUT2D eigenvalue weighted by Gasteiger charge is 2.38. The van der Waals surface area contributed by atoms with Crippen LogP contribution in [0, 0.1) is 5.82 Å². The number of nitrogens with one attached hydrogen (secondary N) is 1. The summed E-state index contributed by atoms with van der Waals surface area (Å²) in [5.74, 6) is -0.0859. The first-order valence-corrected chi connectivity index (χ1v) is 5.53. The van der Waals surface area contributed by atoms with Gasteiger partial charge in [0, 0.05) is 5.56 Å². The highest BCUT2D eigenvalue weighted by molar-refractivity contribution is 6.30. The van der Waals surface area contributed by atoms with Gasteiger partial charge in [0.15, 0.2) is 11.6 Å². The van der Waals surface area contributed by atoms with Crippen molar-refractivity contribution in [3.63, 3.8) is 0 Å². The molecule has 0 bridgehead atoms. The van der Waals surface area contributed by atoms with Gasteiger partial charge in [0.1, 0.15) is 6.10 Å². The number of hydrogen-bond acceptors (Lipinski definition) is 2. The van der Waals surface area contributed by atoms with Crippen LogP contribution >= 0.6 is 24.0 Å². The van der Waals surface area contributed by atoms with Crippen LogP contribution in [0.15, 0.2) is 12.1 Å². The third kappa shape index (κ3) is 1.67. The van der Waals surface area contributed by atoms with Crippen molar-refractivity contribution < 1.29 is 9.13 Å². The maximum Gasteiger partial charge on any atom is 0.183 e. The molecule has 0 radical (unpaired) electrons. The van der Waals surface area contributed by atoms with Gasteiger partial charge in [-0.25, -0.2) is 4.39 Å². The van der Waals surface area contributed by atoms with Gasteiger partial charge >= 0.3 is 0 Å². The topological polar surface area (TPSA) is 21.3 Å². The quantitative estimate of drug-likeness (QED) is 0.777. The summed E-state index contributed by atoms with van der Waals surface area (Å²) in [5, 5.41) is 3.48. The summed E-state index contributed by atoms with van der Waals surface area (Å²) in [5.41, 5.74) is 0.904. The summed E-state index contributed by atoms with van der Waals surface area (Å²) in [6.45, 7) is 0.966. The zero-order chi connectivity index (χ0) is 10.4. The van der Waals surface area contributed by atoms with Gasteiger partial charge in [0.2, 0.25) is 0 Å². The molecule has 0 spiro atoms. The van der Waals surface area contributed by atoms with Gasteiger partial charge in [-0.15, -0.1) is 12.4 Å². The predicted octanol–water partition coefficient (Wildman–Crippen LogP) is 3.09. The lowest BCUT2D eigenvalue weighted by molar-refractivity contribution is 0.150. The molecule has 0 aliphatic carbocycles. The summed E-state index contributed by atoms with van der Waals surface area (Å²) in [7, 11) is 0. The monoisotopic (exact) mass is 263 g/mol. The first-order valence-electron chi connectivity index (χ1n) is 5.15. The Morgan fingerprint density at radius 2 is 2.25 bits per heavy atom. The van der Waals surface area contributed by atoms with Crippen LogP contribution in [0.1, 0.15) is 24.4 Å². The zero-order valence-electron chi connectivity index (χ0n) is 8.50. The fraction of sp³-hybridized carbons (Fsp3) is 0.455. The third-order valence-corrected chi connectivity index (χ3v) is 3.38. The van der Waals surface area contributed by atoms with Crippen LogP contribution in [-0.2, 0) is 0 Å². The van der Waals surface area contributed by atoms with Crippen LogP contribution in [0.2, 0.25) is 5.02 Å². The lowest BCUT2D eigenvalue weighted by Crippen LogP contribution is -2.36. The molecular weight excluding hydrogens is 252 g/mol. The highest BCUT2D eigenvalue weighted by Crippen LogP contribution is 2.43. The zero-order valence-corrected chi connectivity index (χ0v) is 10.1. The Bertz CT molecular complexity index is 413. The van der Waals surface area contributed by atoms with Gasteiger partial charge in [0.05, 0.1) is 11.1 Å². The molecule has 16 heavy (non-hydrogen) atoms.